The van der Waals surface area contributed by atoms with Crippen LogP contribution in [0.2, 0.25) is 0 Å². The first-order chi connectivity index (χ1) is 14.5. The number of carbonyl (C=O) groups excluding carboxylic acids is 2. The number of nitrogens with one attached hydrogen (secondary N) is 1. The number of aromatic nitrogens is 3. The number of hydrogen-bond donors (Lipinski definition) is 1. The maximum Gasteiger partial charge on any atom is 0.243 e. The van der Waals surface area contributed by atoms with Crippen LogP contribution in [0.3, 0.4) is 0 Å². The van der Waals surface area contributed by atoms with Crippen LogP contribution < -0.4 is 5.32 Å². The number of hydrogen-bond acceptors (Lipinski definition) is 5. The standard InChI is InChI=1S/C22H24N6O2/c1-15(2)28-22-17(13-24-28)12-18(14-23-22)25-20(29)8-9-21(30)27-11-10-19(26-27)16-6-4-3-5-7-16/h3-7,12-15H,8-11H2,1-2H3,(H,25,29). The Morgan fingerprint density at radius 3 is 2.70 bits per heavy atom. The average Bonchev–Trinajstić information content (AvgIpc) is 3.40. The van der Waals surface area contributed by atoms with E-state index in [4.69, 9.17) is 0 Å². The molecule has 8 heteroatoms. The van der Waals surface area contributed by atoms with E-state index in [9.17, 15) is 9.59 Å². The minimum Gasteiger partial charge on any atom is -0.325 e. The molecule has 3 aromatic rings. The molecule has 1 aliphatic heterocycles. The van der Waals surface area contributed by atoms with E-state index in [0.29, 0.717) is 12.2 Å². The lowest BCUT2D eigenvalue weighted by Crippen LogP contribution is -2.25. The van der Waals surface area contributed by atoms with Crippen molar-refractivity contribution in [3.05, 3.63) is 54.4 Å². The normalized spacial score (nSPS) is 13.7. The zero-order chi connectivity index (χ0) is 21.1. The van der Waals surface area contributed by atoms with Gasteiger partial charge in [0.05, 0.1) is 30.3 Å². The fourth-order valence-corrected chi connectivity index (χ4v) is 3.43. The SMILES string of the molecule is CC(C)n1ncc2cc(NC(=O)CCC(=O)N3CCC(c4ccccc4)=N3)cnc21. The number of anilines is 1. The molecular formula is C22H24N6O2. The summed E-state index contributed by atoms with van der Waals surface area (Å²) in [6, 6.07) is 11.9. The highest BCUT2D eigenvalue weighted by atomic mass is 16.2. The van der Waals surface area contributed by atoms with Gasteiger partial charge in [-0.15, -0.1) is 0 Å². The van der Waals surface area contributed by atoms with Crippen LogP contribution in [0.15, 0.2) is 53.9 Å². The molecule has 2 amide bonds. The molecule has 8 nitrogen and oxygen atoms in total. The van der Waals surface area contributed by atoms with Crippen LogP contribution in [0.5, 0.6) is 0 Å². The van der Waals surface area contributed by atoms with E-state index in [1.807, 2.05) is 54.9 Å². The number of carbonyl (C=O) groups is 2. The molecule has 30 heavy (non-hydrogen) atoms. The van der Waals surface area contributed by atoms with E-state index >= 15 is 0 Å². The molecule has 0 bridgehead atoms. The predicted octanol–water partition coefficient (Wildman–Crippen LogP) is 3.37. The third-order valence-electron chi connectivity index (χ3n) is 4.97. The van der Waals surface area contributed by atoms with Gasteiger partial charge >= 0.3 is 0 Å². The number of rotatable bonds is 6. The topological polar surface area (TPSA) is 92.5 Å². The lowest BCUT2D eigenvalue weighted by atomic mass is 10.1. The molecule has 0 aliphatic carbocycles. The van der Waals surface area contributed by atoms with Crippen molar-refractivity contribution in [3.63, 3.8) is 0 Å². The third kappa shape index (κ3) is 4.22. The average molecular weight is 404 g/mol. The number of fused-ring (bicyclic) bond motifs is 1. The second-order valence-corrected chi connectivity index (χ2v) is 7.55. The predicted molar refractivity (Wildman–Crippen MR) is 115 cm³/mol. The first-order valence-electron chi connectivity index (χ1n) is 10.1. The first-order valence-corrected chi connectivity index (χ1v) is 10.1. The Labute approximate surface area is 174 Å². The van der Waals surface area contributed by atoms with E-state index < -0.39 is 0 Å². The number of nitrogens with zero attached hydrogens (tertiary/aromatic N) is 5. The Hall–Kier alpha value is -3.55. The van der Waals surface area contributed by atoms with Crippen LogP contribution in [0, 0.1) is 0 Å². The number of amides is 2. The highest BCUT2D eigenvalue weighted by molar-refractivity contribution is 6.03. The van der Waals surface area contributed by atoms with Gasteiger partial charge in [0.15, 0.2) is 5.65 Å². The van der Waals surface area contributed by atoms with Crippen molar-refractivity contribution in [2.24, 2.45) is 5.10 Å². The Balaban J connectivity index is 1.32. The molecule has 0 unspecified atom stereocenters. The molecule has 0 saturated heterocycles. The molecular weight excluding hydrogens is 380 g/mol. The van der Waals surface area contributed by atoms with Gasteiger partial charge < -0.3 is 5.32 Å². The van der Waals surface area contributed by atoms with Crippen molar-refractivity contribution in [1.82, 2.24) is 19.8 Å². The molecule has 0 fully saturated rings. The van der Waals surface area contributed by atoms with E-state index in [-0.39, 0.29) is 30.7 Å². The summed E-state index contributed by atoms with van der Waals surface area (Å²) >= 11 is 0. The summed E-state index contributed by atoms with van der Waals surface area (Å²) in [5.74, 6) is -0.380. The smallest absolute Gasteiger partial charge is 0.243 e. The number of benzene rings is 1. The van der Waals surface area contributed by atoms with Crippen LogP contribution in [0.25, 0.3) is 11.0 Å². The van der Waals surface area contributed by atoms with E-state index in [0.717, 1.165) is 28.7 Å². The Kier molecular flexibility index (Phi) is 5.56. The Morgan fingerprint density at radius 1 is 1.13 bits per heavy atom. The molecule has 0 saturated carbocycles. The quantitative estimate of drug-likeness (QED) is 0.682. The molecule has 0 spiro atoms. The van der Waals surface area contributed by atoms with E-state index in [1.165, 1.54) is 5.01 Å². The highest BCUT2D eigenvalue weighted by Crippen LogP contribution is 2.19. The van der Waals surface area contributed by atoms with Gasteiger partial charge in [0.25, 0.3) is 0 Å². The third-order valence-corrected chi connectivity index (χ3v) is 4.97. The summed E-state index contributed by atoms with van der Waals surface area (Å²) in [7, 11) is 0. The molecule has 0 atom stereocenters. The van der Waals surface area contributed by atoms with Crippen molar-refractivity contribution in [3.8, 4) is 0 Å². The molecule has 4 rings (SSSR count). The van der Waals surface area contributed by atoms with Gasteiger partial charge in [0.1, 0.15) is 0 Å². The largest absolute Gasteiger partial charge is 0.325 e. The van der Waals surface area contributed by atoms with Crippen LogP contribution >= 0.6 is 0 Å². The molecule has 1 N–H and O–H groups in total. The van der Waals surface area contributed by atoms with Crippen molar-refractivity contribution < 1.29 is 9.59 Å². The summed E-state index contributed by atoms with van der Waals surface area (Å²) < 4.78 is 1.83. The van der Waals surface area contributed by atoms with Crippen molar-refractivity contribution in [2.45, 2.75) is 39.2 Å². The molecule has 0 radical (unpaired) electrons. The molecule has 1 aliphatic rings. The van der Waals surface area contributed by atoms with Gasteiger partial charge in [-0.25, -0.2) is 14.7 Å². The second kappa shape index (κ2) is 8.44. The van der Waals surface area contributed by atoms with Gasteiger partial charge in [-0.1, -0.05) is 30.3 Å². The maximum atomic E-state index is 12.4. The lowest BCUT2D eigenvalue weighted by Gasteiger charge is -2.11. The fourth-order valence-electron chi connectivity index (χ4n) is 3.43. The summed E-state index contributed by atoms with van der Waals surface area (Å²) in [6.45, 7) is 4.62. The molecule has 154 valence electrons. The van der Waals surface area contributed by atoms with Crippen LogP contribution in [-0.2, 0) is 9.59 Å². The zero-order valence-electron chi connectivity index (χ0n) is 17.1. The maximum absolute atomic E-state index is 12.4. The highest BCUT2D eigenvalue weighted by Gasteiger charge is 2.22. The monoisotopic (exact) mass is 404 g/mol. The second-order valence-electron chi connectivity index (χ2n) is 7.55. The van der Waals surface area contributed by atoms with E-state index in [1.54, 1.807) is 12.4 Å². The van der Waals surface area contributed by atoms with Gasteiger partial charge in [-0.2, -0.15) is 10.2 Å². The lowest BCUT2D eigenvalue weighted by molar-refractivity contribution is -0.132. The van der Waals surface area contributed by atoms with Crippen molar-refractivity contribution >= 4 is 34.2 Å². The van der Waals surface area contributed by atoms with Gasteiger partial charge in [0, 0.05) is 30.7 Å². The Morgan fingerprint density at radius 2 is 1.93 bits per heavy atom. The van der Waals surface area contributed by atoms with E-state index in [2.05, 4.69) is 20.5 Å². The number of hydrazone groups is 1. The summed E-state index contributed by atoms with van der Waals surface area (Å²) in [5, 5.41) is 13.9. The number of pyridine rings is 1. The minimum atomic E-state index is -0.229. The van der Waals surface area contributed by atoms with Crippen LogP contribution in [-0.4, -0.2) is 43.8 Å². The van der Waals surface area contributed by atoms with Crippen LogP contribution in [0.4, 0.5) is 5.69 Å². The van der Waals surface area contributed by atoms with Gasteiger partial charge in [0.2, 0.25) is 11.8 Å². The minimum absolute atomic E-state index is 0.0921. The summed E-state index contributed by atoms with van der Waals surface area (Å²) in [6.07, 6.45) is 4.27. The van der Waals surface area contributed by atoms with Gasteiger partial charge in [-0.3, -0.25) is 9.59 Å². The fraction of sp³-hybridized carbons (Fsp3) is 0.318. The molecule has 3 heterocycles. The summed E-state index contributed by atoms with van der Waals surface area (Å²) in [4.78, 5) is 29.1. The zero-order valence-corrected chi connectivity index (χ0v) is 17.1. The molecule has 2 aromatic heterocycles. The Bertz CT molecular complexity index is 1100. The van der Waals surface area contributed by atoms with Gasteiger partial charge in [-0.05, 0) is 25.5 Å². The van der Waals surface area contributed by atoms with Crippen molar-refractivity contribution in [2.75, 3.05) is 11.9 Å². The summed E-state index contributed by atoms with van der Waals surface area (Å²) in [5.41, 5.74) is 3.29. The molecule has 1 aromatic carbocycles. The first kappa shape index (κ1) is 19.8. The van der Waals surface area contributed by atoms with Crippen LogP contribution in [0.1, 0.15) is 44.7 Å². The van der Waals surface area contributed by atoms with Crippen molar-refractivity contribution in [1.29, 1.82) is 0 Å².